The fourth-order valence-corrected chi connectivity index (χ4v) is 2.06. The number of aromatic nitrogens is 2. The third-order valence-electron chi connectivity index (χ3n) is 3.04. The summed E-state index contributed by atoms with van der Waals surface area (Å²) in [7, 11) is 2.73. The largest absolute Gasteiger partial charge is 0.493 e. The van der Waals surface area contributed by atoms with Crippen molar-refractivity contribution in [1.29, 1.82) is 0 Å². The van der Waals surface area contributed by atoms with Gasteiger partial charge < -0.3 is 9.84 Å². The predicted octanol–water partition coefficient (Wildman–Crippen LogP) is 2.67. The molecule has 0 aliphatic rings. The van der Waals surface area contributed by atoms with E-state index in [0.717, 1.165) is 0 Å². The number of nitrogens with zero attached hydrogens (tertiary/aromatic N) is 2. The number of alkyl halides is 3. The zero-order chi connectivity index (χ0) is 15.8. The highest BCUT2D eigenvalue weighted by molar-refractivity contribution is 5.40. The Bertz CT molecular complexity index is 652. The van der Waals surface area contributed by atoms with Crippen molar-refractivity contribution in [2.75, 3.05) is 7.11 Å². The zero-order valence-corrected chi connectivity index (χ0v) is 11.1. The Morgan fingerprint density at radius 1 is 1.33 bits per heavy atom. The van der Waals surface area contributed by atoms with Gasteiger partial charge in [0.15, 0.2) is 5.75 Å². The molecule has 1 heterocycles. The monoisotopic (exact) mass is 304 g/mol. The van der Waals surface area contributed by atoms with E-state index < -0.39 is 29.2 Å². The van der Waals surface area contributed by atoms with E-state index in [1.807, 2.05) is 0 Å². The Labute approximate surface area is 117 Å². The second-order valence-corrected chi connectivity index (χ2v) is 4.35. The van der Waals surface area contributed by atoms with E-state index in [2.05, 4.69) is 5.10 Å². The summed E-state index contributed by atoms with van der Waals surface area (Å²) in [5, 5.41) is 14.0. The van der Waals surface area contributed by atoms with Crippen LogP contribution in [0.1, 0.15) is 22.9 Å². The van der Waals surface area contributed by atoms with Crippen LogP contribution in [0.4, 0.5) is 17.6 Å². The normalized spacial score (nSPS) is 13.3. The lowest BCUT2D eigenvalue weighted by molar-refractivity contribution is -0.139. The highest BCUT2D eigenvalue weighted by atomic mass is 19.4. The predicted molar refractivity (Wildman–Crippen MR) is 65.2 cm³/mol. The Morgan fingerprint density at radius 2 is 2.00 bits per heavy atom. The second kappa shape index (κ2) is 5.36. The molecule has 0 saturated carbocycles. The molecule has 0 radical (unpaired) electrons. The number of aliphatic hydroxyl groups excluding tert-OH is 1. The second-order valence-electron chi connectivity index (χ2n) is 4.35. The molecule has 2 aromatic rings. The van der Waals surface area contributed by atoms with Gasteiger partial charge in [-0.3, -0.25) is 4.68 Å². The van der Waals surface area contributed by atoms with Gasteiger partial charge in [0.05, 0.1) is 18.9 Å². The molecule has 21 heavy (non-hydrogen) atoms. The first-order valence-corrected chi connectivity index (χ1v) is 5.86. The summed E-state index contributed by atoms with van der Waals surface area (Å²) < 4.78 is 58.3. The van der Waals surface area contributed by atoms with E-state index in [-0.39, 0.29) is 11.4 Å². The summed E-state index contributed by atoms with van der Waals surface area (Å²) in [6.45, 7) is 0. The van der Waals surface area contributed by atoms with Gasteiger partial charge in [0.2, 0.25) is 0 Å². The maximum atomic E-state index is 13.3. The molecule has 1 atom stereocenters. The van der Waals surface area contributed by atoms with Gasteiger partial charge in [-0.25, -0.2) is 4.39 Å². The molecular weight excluding hydrogens is 292 g/mol. The van der Waals surface area contributed by atoms with Gasteiger partial charge in [0, 0.05) is 12.6 Å². The third-order valence-corrected chi connectivity index (χ3v) is 3.04. The van der Waals surface area contributed by atoms with Crippen LogP contribution in [0.25, 0.3) is 0 Å². The van der Waals surface area contributed by atoms with Crippen molar-refractivity contribution >= 4 is 0 Å². The number of methoxy groups -OCH3 is 1. The van der Waals surface area contributed by atoms with E-state index in [1.54, 1.807) is 0 Å². The molecule has 2 rings (SSSR count). The topological polar surface area (TPSA) is 47.3 Å². The van der Waals surface area contributed by atoms with Crippen molar-refractivity contribution < 1.29 is 27.4 Å². The van der Waals surface area contributed by atoms with Crippen LogP contribution >= 0.6 is 0 Å². The van der Waals surface area contributed by atoms with Gasteiger partial charge in [-0.05, 0) is 18.2 Å². The van der Waals surface area contributed by atoms with E-state index in [4.69, 9.17) is 4.74 Å². The number of aliphatic hydroxyl groups is 1. The fraction of sp³-hybridized carbons (Fsp3) is 0.308. The standard InChI is InChI=1S/C13H12F4N2O2/c1-19-11(10(21-2)6-18-19)12(20)8-5-7(14)3-4-9(8)13(15,16)17/h3-6,12,20H,1-2H3. The number of halogens is 4. The number of ether oxygens (including phenoxy) is 1. The van der Waals surface area contributed by atoms with Gasteiger partial charge in [-0.15, -0.1) is 0 Å². The molecule has 1 aromatic heterocycles. The van der Waals surface area contributed by atoms with E-state index in [0.29, 0.717) is 18.2 Å². The molecule has 8 heteroatoms. The van der Waals surface area contributed by atoms with Crippen LogP contribution in [-0.2, 0) is 13.2 Å². The van der Waals surface area contributed by atoms with E-state index >= 15 is 0 Å². The molecule has 1 unspecified atom stereocenters. The molecule has 4 nitrogen and oxygen atoms in total. The lowest BCUT2D eigenvalue weighted by Crippen LogP contribution is -2.15. The number of hydrogen-bond acceptors (Lipinski definition) is 3. The Kier molecular flexibility index (Phi) is 3.91. The Morgan fingerprint density at radius 3 is 2.57 bits per heavy atom. The number of hydrogen-bond donors (Lipinski definition) is 1. The molecule has 0 bridgehead atoms. The van der Waals surface area contributed by atoms with Crippen molar-refractivity contribution in [3.05, 3.63) is 47.0 Å². The summed E-state index contributed by atoms with van der Waals surface area (Å²) in [4.78, 5) is 0. The van der Waals surface area contributed by atoms with Crippen molar-refractivity contribution in [3.8, 4) is 5.75 Å². The zero-order valence-electron chi connectivity index (χ0n) is 11.1. The molecule has 1 N–H and O–H groups in total. The van der Waals surface area contributed by atoms with Gasteiger partial charge >= 0.3 is 6.18 Å². The summed E-state index contributed by atoms with van der Waals surface area (Å²) in [5.41, 5.74) is -1.70. The lowest BCUT2D eigenvalue weighted by Gasteiger charge is -2.18. The van der Waals surface area contributed by atoms with Crippen molar-refractivity contribution in [2.24, 2.45) is 7.05 Å². The van der Waals surface area contributed by atoms with Crippen molar-refractivity contribution in [3.63, 3.8) is 0 Å². The van der Waals surface area contributed by atoms with Crippen LogP contribution in [0.15, 0.2) is 24.4 Å². The van der Waals surface area contributed by atoms with Gasteiger partial charge in [-0.1, -0.05) is 0 Å². The van der Waals surface area contributed by atoms with Crippen LogP contribution in [0, 0.1) is 5.82 Å². The fourth-order valence-electron chi connectivity index (χ4n) is 2.06. The minimum atomic E-state index is -4.71. The number of benzene rings is 1. The van der Waals surface area contributed by atoms with Crippen LogP contribution in [0.5, 0.6) is 5.75 Å². The molecule has 0 fully saturated rings. The van der Waals surface area contributed by atoms with Crippen LogP contribution in [0.3, 0.4) is 0 Å². The average molecular weight is 304 g/mol. The quantitative estimate of drug-likeness (QED) is 0.887. The minimum Gasteiger partial charge on any atom is -0.493 e. The number of aryl methyl sites for hydroxylation is 1. The van der Waals surface area contributed by atoms with Crippen molar-refractivity contribution in [1.82, 2.24) is 9.78 Å². The van der Waals surface area contributed by atoms with Gasteiger partial charge in [-0.2, -0.15) is 18.3 Å². The molecule has 0 amide bonds. The number of rotatable bonds is 3. The molecule has 1 aromatic carbocycles. The Balaban J connectivity index is 2.60. The summed E-state index contributed by atoms with van der Waals surface area (Å²) in [6.07, 6.45) is -5.18. The molecule has 0 aliphatic heterocycles. The maximum absolute atomic E-state index is 13.3. The third kappa shape index (κ3) is 2.85. The van der Waals surface area contributed by atoms with E-state index in [1.165, 1.54) is 25.0 Å². The lowest BCUT2D eigenvalue weighted by atomic mass is 9.99. The highest BCUT2D eigenvalue weighted by Crippen LogP contribution is 2.38. The maximum Gasteiger partial charge on any atom is 0.416 e. The first-order valence-electron chi connectivity index (χ1n) is 5.86. The minimum absolute atomic E-state index is 0.00796. The first kappa shape index (κ1) is 15.3. The molecule has 0 saturated heterocycles. The summed E-state index contributed by atoms with van der Waals surface area (Å²) >= 11 is 0. The SMILES string of the molecule is COc1cnn(C)c1C(O)c1cc(F)ccc1C(F)(F)F. The summed E-state index contributed by atoms with van der Waals surface area (Å²) in [5.74, 6) is -0.763. The van der Waals surface area contributed by atoms with Crippen LogP contribution in [0.2, 0.25) is 0 Å². The highest BCUT2D eigenvalue weighted by Gasteiger charge is 2.36. The van der Waals surface area contributed by atoms with Crippen LogP contribution < -0.4 is 4.74 Å². The first-order chi connectivity index (χ1) is 9.75. The van der Waals surface area contributed by atoms with Gasteiger partial charge in [0.25, 0.3) is 0 Å². The van der Waals surface area contributed by atoms with Gasteiger partial charge in [0.1, 0.15) is 17.6 Å². The summed E-state index contributed by atoms with van der Waals surface area (Å²) in [6, 6.07) is 1.94. The molecular formula is C13H12F4N2O2. The average Bonchev–Trinajstić information content (AvgIpc) is 2.77. The van der Waals surface area contributed by atoms with Crippen LogP contribution in [-0.4, -0.2) is 22.0 Å². The van der Waals surface area contributed by atoms with Crippen molar-refractivity contribution in [2.45, 2.75) is 12.3 Å². The Hall–Kier alpha value is -2.09. The molecule has 114 valence electrons. The molecule has 0 spiro atoms. The smallest absolute Gasteiger partial charge is 0.416 e. The molecule has 0 aliphatic carbocycles. The van der Waals surface area contributed by atoms with E-state index in [9.17, 15) is 22.7 Å².